The lowest BCUT2D eigenvalue weighted by Crippen LogP contribution is -2.14. The second-order valence-electron chi connectivity index (χ2n) is 3.72. The van der Waals surface area contributed by atoms with Crippen molar-refractivity contribution in [3.63, 3.8) is 0 Å². The summed E-state index contributed by atoms with van der Waals surface area (Å²) in [6.45, 7) is 1.80. The van der Waals surface area contributed by atoms with E-state index < -0.39 is 10.0 Å². The quantitative estimate of drug-likeness (QED) is 0.924. The average molecular weight is 313 g/mol. The number of nitriles is 1. The molecule has 0 aliphatic heterocycles. The fourth-order valence-electron chi connectivity index (χ4n) is 1.38. The number of aromatic nitrogens is 2. The molecule has 0 aliphatic carbocycles. The van der Waals surface area contributed by atoms with E-state index in [1.165, 1.54) is 18.2 Å². The molecule has 2 aromatic rings. The molecule has 2 rings (SSSR count). The van der Waals surface area contributed by atoms with Crippen LogP contribution in [0.15, 0.2) is 27.6 Å². The summed E-state index contributed by atoms with van der Waals surface area (Å²) in [5.74, 6) is 0.159. The maximum Gasteiger partial charge on any atom is 0.277 e. The fourth-order valence-corrected chi connectivity index (χ4v) is 2.50. The molecule has 1 N–H and O–H groups in total. The normalized spacial score (nSPS) is 11.1. The van der Waals surface area contributed by atoms with Crippen LogP contribution in [0, 0.1) is 11.3 Å². The van der Waals surface area contributed by atoms with E-state index in [9.17, 15) is 8.42 Å². The highest BCUT2D eigenvalue weighted by molar-refractivity contribution is 7.92. The number of nitrogens with one attached hydrogen (secondary N) is 1. The van der Waals surface area contributed by atoms with Gasteiger partial charge in [0.05, 0.1) is 15.5 Å². The van der Waals surface area contributed by atoms with Crippen LogP contribution in [0.2, 0.25) is 5.02 Å². The van der Waals surface area contributed by atoms with Gasteiger partial charge in [-0.25, -0.2) is 13.1 Å². The van der Waals surface area contributed by atoms with E-state index in [4.69, 9.17) is 21.4 Å². The third kappa shape index (κ3) is 2.89. The molecule has 7 nitrogen and oxygen atoms in total. The van der Waals surface area contributed by atoms with Gasteiger partial charge in [0.15, 0.2) is 0 Å². The first kappa shape index (κ1) is 14.3. The van der Waals surface area contributed by atoms with Gasteiger partial charge in [-0.2, -0.15) is 10.2 Å². The van der Waals surface area contributed by atoms with Crippen LogP contribution in [0.5, 0.6) is 0 Å². The van der Waals surface area contributed by atoms with Crippen LogP contribution >= 0.6 is 11.6 Å². The number of hydrogen-bond donors (Lipinski definition) is 1. The third-order valence-corrected chi connectivity index (χ3v) is 4.02. The zero-order valence-electron chi connectivity index (χ0n) is 10.3. The Labute approximate surface area is 120 Å². The minimum Gasteiger partial charge on any atom is -0.337 e. The number of halogens is 1. The van der Waals surface area contributed by atoms with E-state index in [2.05, 4.69) is 14.9 Å². The van der Waals surface area contributed by atoms with Crippen LogP contribution < -0.4 is 4.72 Å². The lowest BCUT2D eigenvalue weighted by Gasteiger charge is -2.04. The number of anilines is 1. The maximum atomic E-state index is 12.1. The molecule has 0 saturated carbocycles. The SMILES string of the molecule is CCc1nc(NS(=O)(=O)c2ccc(Cl)c(C#N)c2)no1. The largest absolute Gasteiger partial charge is 0.337 e. The fraction of sp³-hybridized carbons (Fsp3) is 0.182. The second kappa shape index (κ2) is 5.48. The second-order valence-corrected chi connectivity index (χ2v) is 5.81. The standard InChI is InChI=1S/C11H9ClN4O3S/c1-2-10-14-11(15-19-10)16-20(17,18)8-3-4-9(12)7(5-8)6-13/h3-5H,2H2,1H3,(H,15,16). The number of sulfonamides is 1. The van der Waals surface area contributed by atoms with Gasteiger partial charge in [-0.05, 0) is 23.4 Å². The van der Waals surface area contributed by atoms with E-state index in [1.54, 1.807) is 6.92 Å². The van der Waals surface area contributed by atoms with Crippen LogP contribution in [0.25, 0.3) is 0 Å². The van der Waals surface area contributed by atoms with Gasteiger partial charge in [-0.3, -0.25) is 0 Å². The van der Waals surface area contributed by atoms with Gasteiger partial charge in [0, 0.05) is 6.42 Å². The number of aryl methyl sites for hydroxylation is 1. The molecule has 0 unspecified atom stereocenters. The molecule has 104 valence electrons. The molecule has 0 bridgehead atoms. The van der Waals surface area contributed by atoms with E-state index in [1.807, 2.05) is 6.07 Å². The summed E-state index contributed by atoms with van der Waals surface area (Å²) in [6, 6.07) is 5.60. The third-order valence-electron chi connectivity index (χ3n) is 2.36. The molecule has 0 saturated heterocycles. The van der Waals surface area contributed by atoms with Gasteiger partial charge < -0.3 is 4.52 Å². The molecule has 0 radical (unpaired) electrons. The van der Waals surface area contributed by atoms with Gasteiger partial charge >= 0.3 is 0 Å². The summed E-state index contributed by atoms with van der Waals surface area (Å²) in [6.07, 6.45) is 0.494. The predicted molar refractivity (Wildman–Crippen MR) is 70.7 cm³/mol. The van der Waals surface area contributed by atoms with Crippen molar-refractivity contribution in [1.29, 1.82) is 5.26 Å². The Balaban J connectivity index is 2.33. The van der Waals surface area contributed by atoms with Crippen molar-refractivity contribution < 1.29 is 12.9 Å². The van der Waals surface area contributed by atoms with Gasteiger partial charge in [-0.1, -0.05) is 18.5 Å². The Kier molecular flexibility index (Phi) is 3.92. The summed E-state index contributed by atoms with van der Waals surface area (Å²) < 4.78 is 31.1. The highest BCUT2D eigenvalue weighted by Gasteiger charge is 2.18. The first-order valence-corrected chi connectivity index (χ1v) is 7.37. The Morgan fingerprint density at radius 2 is 2.25 bits per heavy atom. The average Bonchev–Trinajstić information content (AvgIpc) is 2.86. The summed E-state index contributed by atoms with van der Waals surface area (Å²) >= 11 is 5.75. The Morgan fingerprint density at radius 1 is 1.50 bits per heavy atom. The van der Waals surface area contributed by atoms with Crippen molar-refractivity contribution in [3.8, 4) is 6.07 Å². The van der Waals surface area contributed by atoms with Crippen molar-refractivity contribution in [2.24, 2.45) is 0 Å². The number of rotatable bonds is 4. The molecule has 0 amide bonds. The molecular formula is C11H9ClN4O3S. The Morgan fingerprint density at radius 3 is 2.85 bits per heavy atom. The number of hydrogen-bond acceptors (Lipinski definition) is 6. The number of nitrogens with zero attached hydrogens (tertiary/aromatic N) is 3. The predicted octanol–water partition coefficient (Wildman–Crippen LogP) is 1.96. The van der Waals surface area contributed by atoms with Crippen molar-refractivity contribution in [3.05, 3.63) is 34.7 Å². The van der Waals surface area contributed by atoms with Crippen LogP contribution in [-0.4, -0.2) is 18.6 Å². The van der Waals surface area contributed by atoms with Gasteiger partial charge in [0.2, 0.25) is 5.89 Å². The Hall–Kier alpha value is -2.11. The molecule has 1 aromatic heterocycles. The van der Waals surface area contributed by atoms with E-state index >= 15 is 0 Å². The minimum absolute atomic E-state index is 0.0666. The number of benzene rings is 1. The van der Waals surface area contributed by atoms with Crippen LogP contribution in [0.3, 0.4) is 0 Å². The highest BCUT2D eigenvalue weighted by Crippen LogP contribution is 2.21. The summed E-state index contributed by atoms with van der Waals surface area (Å²) in [5.41, 5.74) is 0.0666. The van der Waals surface area contributed by atoms with Gasteiger partial charge in [0.1, 0.15) is 6.07 Å². The lowest BCUT2D eigenvalue weighted by atomic mass is 10.2. The monoisotopic (exact) mass is 312 g/mol. The molecule has 0 fully saturated rings. The minimum atomic E-state index is -3.90. The molecule has 1 aromatic carbocycles. The Bertz CT molecular complexity index is 779. The zero-order chi connectivity index (χ0) is 14.8. The van der Waals surface area contributed by atoms with Gasteiger partial charge in [0.25, 0.3) is 16.0 Å². The topological polar surface area (TPSA) is 109 Å². The van der Waals surface area contributed by atoms with Crippen molar-refractivity contribution in [2.75, 3.05) is 4.72 Å². The summed E-state index contributed by atoms with van der Waals surface area (Å²) in [7, 11) is -3.90. The van der Waals surface area contributed by atoms with E-state index in [0.29, 0.717) is 12.3 Å². The maximum absolute atomic E-state index is 12.1. The molecule has 1 heterocycles. The van der Waals surface area contributed by atoms with Crippen molar-refractivity contribution in [1.82, 2.24) is 10.1 Å². The van der Waals surface area contributed by atoms with Crippen LogP contribution in [0.4, 0.5) is 5.95 Å². The van der Waals surface area contributed by atoms with Crippen molar-refractivity contribution in [2.45, 2.75) is 18.2 Å². The van der Waals surface area contributed by atoms with E-state index in [0.717, 1.165) is 0 Å². The van der Waals surface area contributed by atoms with E-state index in [-0.39, 0.29) is 21.4 Å². The van der Waals surface area contributed by atoms with Gasteiger partial charge in [-0.15, -0.1) is 0 Å². The first-order valence-electron chi connectivity index (χ1n) is 5.51. The summed E-state index contributed by atoms with van der Waals surface area (Å²) in [5, 5.41) is 12.5. The zero-order valence-corrected chi connectivity index (χ0v) is 11.9. The van der Waals surface area contributed by atoms with Crippen molar-refractivity contribution >= 4 is 27.6 Å². The molecular weight excluding hydrogens is 304 g/mol. The smallest absolute Gasteiger partial charge is 0.277 e. The first-order chi connectivity index (χ1) is 9.46. The molecule has 20 heavy (non-hydrogen) atoms. The molecule has 0 spiro atoms. The highest BCUT2D eigenvalue weighted by atomic mass is 35.5. The van der Waals surface area contributed by atoms with Crippen LogP contribution in [-0.2, 0) is 16.4 Å². The van der Waals surface area contributed by atoms with Crippen LogP contribution in [0.1, 0.15) is 18.4 Å². The molecule has 0 aliphatic rings. The molecule has 9 heteroatoms. The summed E-state index contributed by atoms with van der Waals surface area (Å²) in [4.78, 5) is 3.73. The lowest BCUT2D eigenvalue weighted by molar-refractivity contribution is 0.383. The molecule has 0 atom stereocenters.